The molecule has 0 aromatic heterocycles. The molecule has 64 heavy (non-hydrogen) atoms. The second kappa shape index (κ2) is 19.6. The summed E-state index contributed by atoms with van der Waals surface area (Å²) in [6, 6.07) is 5.39. The van der Waals surface area contributed by atoms with Crippen LogP contribution in [0.2, 0.25) is 0 Å². The predicted molar refractivity (Wildman–Crippen MR) is 206 cm³/mol. The number of aromatic hydroxyl groups is 4. The normalized spacial score (nSPS) is 24.7. The van der Waals surface area contributed by atoms with E-state index < -0.39 is 134 Å². The molecule has 8 N–H and O–H groups in total. The number of ether oxygens (including phenoxy) is 2. The number of rotatable bonds is 14. The summed E-state index contributed by atoms with van der Waals surface area (Å²) >= 11 is 2.37. The molecule has 4 aliphatic heterocycles. The van der Waals surface area contributed by atoms with Gasteiger partial charge in [0.2, 0.25) is 35.1 Å². The number of thioether (sulfide) groups is 2. The topological polar surface area (TPSA) is 387 Å². The van der Waals surface area contributed by atoms with E-state index >= 15 is 0 Å². The first-order valence-electron chi connectivity index (χ1n) is 17.7. The van der Waals surface area contributed by atoms with Crippen LogP contribution in [0, 0.1) is 0 Å². The summed E-state index contributed by atoms with van der Waals surface area (Å²) in [6.45, 7) is 4.46. The maximum Gasteiger partial charge on any atom is 1.00 e. The van der Waals surface area contributed by atoms with Crippen molar-refractivity contribution in [3.05, 3.63) is 47.5 Å². The number of carbonyl (C=O) groups excluding carboxylic acids is 6. The Morgan fingerprint density at radius 1 is 0.672 bits per heavy atom. The molecule has 4 fully saturated rings. The van der Waals surface area contributed by atoms with Crippen molar-refractivity contribution in [2.24, 2.45) is 0 Å². The largest absolute Gasteiger partial charge is 1.00 e. The molecule has 2 aromatic carbocycles. The molecule has 0 bridgehead atoms. The number of carboxylic acid groups (broad SMARTS) is 2. The summed E-state index contributed by atoms with van der Waals surface area (Å²) in [6.07, 6.45) is 0.238. The molecule has 4 saturated heterocycles. The predicted octanol–water partition coefficient (Wildman–Crippen LogP) is -8.70. The van der Waals surface area contributed by atoms with Gasteiger partial charge in [-0.3, -0.25) is 38.1 Å². The number of β-lactam (4-membered cyclic amide) rings is 2. The Kier molecular flexibility index (Phi) is 16.9. The van der Waals surface area contributed by atoms with Gasteiger partial charge in [-0.25, -0.2) is 0 Å². The number of benzene rings is 2. The standard InChI is InChI=1S/2C17H20N2O10S2.2Na/c2*1-16(2)17(15(24)25,19-11(22)6-12(19)30-16)29-7-18-14(23)13(31(26,27)28)8-3-4-9(20)10(21)5-8;;/h2*3-5,12-13,20-21H,6-7H2,1-2H3,(H,18,23)(H,24,25)(H,26,27,28);;/q;;2*+1/p-2/t2*12-,13-,17-;;/m11../s1. The summed E-state index contributed by atoms with van der Waals surface area (Å²) in [4.78, 5) is 75.0. The number of carbonyl (C=O) groups is 6. The monoisotopic (exact) mass is 996 g/mol. The molecule has 0 spiro atoms. The van der Waals surface area contributed by atoms with Crippen LogP contribution in [0.4, 0.5) is 0 Å². The minimum absolute atomic E-state index is 0. The van der Waals surface area contributed by atoms with Gasteiger partial charge in [0.25, 0.3) is 20.2 Å². The van der Waals surface area contributed by atoms with Gasteiger partial charge < -0.3 is 60.3 Å². The summed E-state index contributed by atoms with van der Waals surface area (Å²) in [7, 11) is -10.1. The van der Waals surface area contributed by atoms with E-state index in [0.29, 0.717) is 0 Å². The number of phenolic OH excluding ortho intramolecular Hbond substituents is 4. The Morgan fingerprint density at radius 3 is 1.23 bits per heavy atom. The number of phenols is 4. The van der Waals surface area contributed by atoms with Crippen molar-refractivity contribution in [2.75, 3.05) is 13.5 Å². The summed E-state index contributed by atoms with van der Waals surface area (Å²) in [5.41, 5.74) is -5.15. The van der Waals surface area contributed by atoms with Crippen LogP contribution in [0.1, 0.15) is 62.2 Å². The van der Waals surface area contributed by atoms with Crippen LogP contribution in [0.15, 0.2) is 36.4 Å². The van der Waals surface area contributed by atoms with Gasteiger partial charge in [0.1, 0.15) is 13.5 Å². The molecule has 4 amide bonds. The minimum Gasteiger partial charge on any atom is -0.545 e. The third kappa shape index (κ3) is 9.95. The van der Waals surface area contributed by atoms with E-state index in [2.05, 4.69) is 10.6 Å². The number of aliphatic carboxylic acids is 2. The number of nitrogens with zero attached hydrogens (tertiary/aromatic N) is 2. The number of fused-ring (bicyclic) bond motifs is 2. The molecule has 6 atom stereocenters. The van der Waals surface area contributed by atoms with Crippen LogP contribution in [0.5, 0.6) is 23.0 Å². The van der Waals surface area contributed by atoms with E-state index in [0.717, 1.165) is 46.2 Å². The Labute approximate surface area is 416 Å². The molecule has 0 radical (unpaired) electrons. The zero-order valence-electron chi connectivity index (χ0n) is 34.5. The molecule has 24 nitrogen and oxygen atoms in total. The maximum atomic E-state index is 12.5. The van der Waals surface area contributed by atoms with E-state index in [4.69, 9.17) is 9.47 Å². The quantitative estimate of drug-likeness (QED) is 0.0286. The van der Waals surface area contributed by atoms with Gasteiger partial charge in [-0.15, -0.1) is 23.5 Å². The Hall–Kier alpha value is -3.10. The Morgan fingerprint density at radius 2 is 0.984 bits per heavy atom. The number of carboxylic acids is 2. The molecule has 0 aliphatic carbocycles. The third-order valence-electron chi connectivity index (χ3n) is 10.3. The van der Waals surface area contributed by atoms with Gasteiger partial charge >= 0.3 is 59.1 Å². The van der Waals surface area contributed by atoms with E-state index in [1.165, 1.54) is 51.2 Å². The molecular formula is C34H38N4Na2O20S4. The molecule has 0 saturated carbocycles. The Balaban J connectivity index is 0.000000330. The number of hydrogen-bond donors (Lipinski definition) is 8. The average molecular weight is 997 g/mol. The van der Waals surface area contributed by atoms with Crippen molar-refractivity contribution >= 4 is 79.3 Å². The van der Waals surface area contributed by atoms with Crippen molar-refractivity contribution in [1.29, 1.82) is 0 Å². The van der Waals surface area contributed by atoms with Gasteiger partial charge in [-0.2, -0.15) is 16.8 Å². The number of hydrogen-bond acceptors (Lipinski definition) is 20. The summed E-state index contributed by atoms with van der Waals surface area (Å²) in [5.74, 6) is -9.56. The SMILES string of the molecule is CC1(C)S[C@@H]2CC(=O)N2[C@@]1(OCNC(=O)[C@@H](c1ccc(O)c(O)c1)S(=O)(=O)O)C(=O)[O-].CC1(C)S[C@@H]2CC(=O)N2[C@@]1(OCNC(=O)[C@@H](c1ccc(O)c(O)c1)S(=O)(=O)O)C(=O)[O-].[Na+].[Na+]. The maximum absolute atomic E-state index is 12.5. The van der Waals surface area contributed by atoms with Gasteiger partial charge in [-0.1, -0.05) is 12.1 Å². The van der Waals surface area contributed by atoms with Crippen molar-refractivity contribution < 1.29 is 154 Å². The van der Waals surface area contributed by atoms with Crippen molar-refractivity contribution in [1.82, 2.24) is 20.4 Å². The van der Waals surface area contributed by atoms with Crippen LogP contribution >= 0.6 is 23.5 Å². The molecule has 340 valence electrons. The van der Waals surface area contributed by atoms with Crippen molar-refractivity contribution in [3.8, 4) is 23.0 Å². The van der Waals surface area contributed by atoms with E-state index in [-0.39, 0.29) is 83.1 Å². The fourth-order valence-electron chi connectivity index (χ4n) is 7.37. The molecule has 0 unspecified atom stereocenters. The Bertz CT molecular complexity index is 2290. The first-order valence-corrected chi connectivity index (χ1v) is 22.4. The summed E-state index contributed by atoms with van der Waals surface area (Å²) < 4.78 is 74.5. The molecule has 4 heterocycles. The van der Waals surface area contributed by atoms with E-state index in [1.54, 1.807) is 0 Å². The zero-order valence-corrected chi connectivity index (χ0v) is 41.8. The molecule has 6 rings (SSSR count). The van der Waals surface area contributed by atoms with Crippen LogP contribution in [0.3, 0.4) is 0 Å². The fraction of sp³-hybridized carbons (Fsp3) is 0.471. The van der Waals surface area contributed by atoms with Gasteiger partial charge in [0.05, 0.1) is 45.0 Å². The molecular weight excluding hydrogens is 959 g/mol. The summed E-state index contributed by atoms with van der Waals surface area (Å²) in [5, 5.41) is 60.6. The minimum atomic E-state index is -5.03. The zero-order chi connectivity index (χ0) is 46.7. The van der Waals surface area contributed by atoms with Crippen LogP contribution < -0.4 is 80.0 Å². The molecule has 2 aromatic rings. The second-order valence-corrected chi connectivity index (χ2v) is 21.5. The van der Waals surface area contributed by atoms with Crippen LogP contribution in [-0.4, -0.2) is 137 Å². The number of amides is 4. The fourth-order valence-corrected chi connectivity index (χ4v) is 12.4. The van der Waals surface area contributed by atoms with Gasteiger partial charge in [0, 0.05) is 0 Å². The average Bonchev–Trinajstić information content (AvgIpc) is 3.43. The molecule has 4 aliphatic rings. The third-order valence-corrected chi connectivity index (χ3v) is 15.5. The van der Waals surface area contributed by atoms with E-state index in [1.807, 2.05) is 0 Å². The second-order valence-electron chi connectivity index (χ2n) is 14.9. The smallest absolute Gasteiger partial charge is 0.545 e. The van der Waals surface area contributed by atoms with E-state index in [9.17, 15) is 85.3 Å². The van der Waals surface area contributed by atoms with Crippen molar-refractivity contribution in [3.63, 3.8) is 0 Å². The first kappa shape index (κ1) is 55.2. The van der Waals surface area contributed by atoms with Gasteiger partial charge in [-0.05, 0) is 63.1 Å². The number of nitrogens with one attached hydrogen (secondary N) is 2. The van der Waals surface area contributed by atoms with Gasteiger partial charge in [0.15, 0.2) is 33.5 Å². The molecule has 30 heteroatoms. The van der Waals surface area contributed by atoms with Crippen molar-refractivity contribution in [2.45, 2.75) is 82.7 Å². The van der Waals surface area contributed by atoms with Crippen LogP contribution in [-0.2, 0) is 58.5 Å². The van der Waals surface area contributed by atoms with Crippen LogP contribution in [0.25, 0.3) is 0 Å². The first-order chi connectivity index (χ1) is 28.4.